The van der Waals surface area contributed by atoms with Gasteiger partial charge in [-0.15, -0.1) is 0 Å². The average Bonchev–Trinajstić information content (AvgIpc) is 2.56. The number of nitro groups is 1. The van der Waals surface area contributed by atoms with Crippen molar-refractivity contribution in [1.29, 1.82) is 0 Å². The first kappa shape index (κ1) is 18.4. The number of rotatable bonds is 8. The van der Waals surface area contributed by atoms with Gasteiger partial charge in [-0.2, -0.15) is 0 Å². The molecule has 0 heterocycles. The van der Waals surface area contributed by atoms with Crippen molar-refractivity contribution in [2.24, 2.45) is 0 Å². The monoisotopic (exact) mass is 346 g/mol. The Bertz CT molecular complexity index is 747. The molecule has 0 atom stereocenters. The fourth-order valence-corrected chi connectivity index (χ4v) is 2.23. The van der Waals surface area contributed by atoms with Crippen molar-refractivity contribution in [3.8, 4) is 5.75 Å². The summed E-state index contributed by atoms with van der Waals surface area (Å²) in [6, 6.07) is 10.7. The van der Waals surface area contributed by atoms with E-state index in [0.717, 1.165) is 11.1 Å². The third kappa shape index (κ3) is 5.87. The molecule has 132 valence electrons. The molecular weight excluding hydrogens is 327 g/mol. The summed E-state index contributed by atoms with van der Waals surface area (Å²) in [5.74, 6) is -0.350. The van der Waals surface area contributed by atoms with Gasteiger partial charge in [-0.05, 0) is 42.7 Å². The van der Waals surface area contributed by atoms with Crippen LogP contribution in [0, 0.1) is 22.9 Å². The standard InChI is InChI=1S/C18H19FN2O4/c1-13-2-7-16(21(23)24)17(12-13)25-11-9-18(22)20-10-8-14-3-5-15(19)6-4-14/h2-7,12H,8-11H2,1H3,(H,20,22). The number of halogens is 1. The second-order valence-corrected chi connectivity index (χ2v) is 5.55. The lowest BCUT2D eigenvalue weighted by Gasteiger charge is -2.08. The molecule has 0 bridgehead atoms. The molecule has 0 unspecified atom stereocenters. The molecule has 1 amide bonds. The highest BCUT2D eigenvalue weighted by Crippen LogP contribution is 2.27. The molecule has 0 aliphatic carbocycles. The number of nitrogens with one attached hydrogen (secondary N) is 1. The van der Waals surface area contributed by atoms with E-state index in [1.54, 1.807) is 31.2 Å². The Hall–Kier alpha value is -2.96. The topological polar surface area (TPSA) is 81.5 Å². The van der Waals surface area contributed by atoms with Gasteiger partial charge >= 0.3 is 5.69 Å². The molecule has 7 heteroatoms. The number of benzene rings is 2. The molecule has 0 aromatic heterocycles. The summed E-state index contributed by atoms with van der Waals surface area (Å²) in [6.07, 6.45) is 0.685. The summed E-state index contributed by atoms with van der Waals surface area (Å²) in [7, 11) is 0. The van der Waals surface area contributed by atoms with Gasteiger partial charge in [-0.25, -0.2) is 4.39 Å². The van der Waals surface area contributed by atoms with Crippen molar-refractivity contribution in [3.05, 3.63) is 69.5 Å². The lowest BCUT2D eigenvalue weighted by Crippen LogP contribution is -2.27. The van der Waals surface area contributed by atoms with Crippen LogP contribution in [0.25, 0.3) is 0 Å². The molecule has 6 nitrogen and oxygen atoms in total. The summed E-state index contributed by atoms with van der Waals surface area (Å²) >= 11 is 0. The first-order chi connectivity index (χ1) is 12.0. The number of carbonyl (C=O) groups excluding carboxylic acids is 1. The first-order valence-electron chi connectivity index (χ1n) is 7.84. The maximum Gasteiger partial charge on any atom is 0.310 e. The van der Waals surface area contributed by atoms with Gasteiger partial charge in [0.15, 0.2) is 5.75 Å². The van der Waals surface area contributed by atoms with Gasteiger partial charge in [0.25, 0.3) is 0 Å². The smallest absolute Gasteiger partial charge is 0.310 e. The number of nitrogens with zero attached hydrogens (tertiary/aromatic N) is 1. The summed E-state index contributed by atoms with van der Waals surface area (Å²) < 4.78 is 18.2. The molecule has 25 heavy (non-hydrogen) atoms. The highest BCUT2D eigenvalue weighted by Gasteiger charge is 2.15. The Kier molecular flexibility index (Phi) is 6.45. The zero-order valence-electron chi connectivity index (χ0n) is 13.8. The van der Waals surface area contributed by atoms with Gasteiger partial charge in [0.05, 0.1) is 18.0 Å². The molecule has 0 saturated heterocycles. The third-order valence-corrected chi connectivity index (χ3v) is 3.55. The van der Waals surface area contributed by atoms with E-state index in [0.29, 0.717) is 13.0 Å². The predicted octanol–water partition coefficient (Wildman–Crippen LogP) is 3.17. The van der Waals surface area contributed by atoms with Crippen LogP contribution in [-0.2, 0) is 11.2 Å². The summed E-state index contributed by atoms with van der Waals surface area (Å²) in [5.41, 5.74) is 1.64. The SMILES string of the molecule is Cc1ccc([N+](=O)[O-])c(OCCC(=O)NCCc2ccc(F)cc2)c1. The Balaban J connectivity index is 1.74. The average molecular weight is 346 g/mol. The second kappa shape index (κ2) is 8.77. The second-order valence-electron chi connectivity index (χ2n) is 5.55. The zero-order chi connectivity index (χ0) is 18.2. The maximum absolute atomic E-state index is 12.8. The Morgan fingerprint density at radius 2 is 1.96 bits per heavy atom. The minimum Gasteiger partial charge on any atom is -0.486 e. The number of carbonyl (C=O) groups is 1. The number of aryl methyl sites for hydroxylation is 1. The van der Waals surface area contributed by atoms with E-state index in [4.69, 9.17) is 4.74 Å². The number of nitro benzene ring substituents is 1. The molecular formula is C18H19FN2O4. The molecule has 0 saturated carbocycles. The summed E-state index contributed by atoms with van der Waals surface area (Å²) in [5, 5.41) is 13.7. The van der Waals surface area contributed by atoms with E-state index < -0.39 is 4.92 Å². The highest BCUT2D eigenvalue weighted by molar-refractivity contribution is 5.76. The van der Waals surface area contributed by atoms with Crippen LogP contribution in [0.4, 0.5) is 10.1 Å². The van der Waals surface area contributed by atoms with Crippen molar-refractivity contribution in [2.75, 3.05) is 13.2 Å². The number of hydrogen-bond donors (Lipinski definition) is 1. The largest absolute Gasteiger partial charge is 0.486 e. The van der Waals surface area contributed by atoms with Gasteiger partial charge in [-0.3, -0.25) is 14.9 Å². The molecule has 2 aromatic rings. The Morgan fingerprint density at radius 3 is 2.64 bits per heavy atom. The predicted molar refractivity (Wildman–Crippen MR) is 91.1 cm³/mol. The van der Waals surface area contributed by atoms with Crippen LogP contribution in [-0.4, -0.2) is 24.0 Å². The lowest BCUT2D eigenvalue weighted by molar-refractivity contribution is -0.385. The number of amides is 1. The van der Waals surface area contributed by atoms with Gasteiger partial charge in [0.1, 0.15) is 5.82 Å². The molecule has 2 rings (SSSR count). The van der Waals surface area contributed by atoms with Gasteiger partial charge in [-0.1, -0.05) is 18.2 Å². The molecule has 2 aromatic carbocycles. The van der Waals surface area contributed by atoms with Crippen molar-refractivity contribution in [2.45, 2.75) is 19.8 Å². The Labute approximate surface area is 144 Å². The maximum atomic E-state index is 12.8. The van der Waals surface area contributed by atoms with Crippen LogP contribution in [0.2, 0.25) is 0 Å². The van der Waals surface area contributed by atoms with Crippen LogP contribution < -0.4 is 10.1 Å². The Morgan fingerprint density at radius 1 is 1.24 bits per heavy atom. The first-order valence-corrected chi connectivity index (χ1v) is 7.84. The molecule has 0 spiro atoms. The molecule has 0 fully saturated rings. The molecule has 0 radical (unpaired) electrons. The van der Waals surface area contributed by atoms with E-state index in [-0.39, 0.29) is 36.2 Å². The molecule has 0 aliphatic rings. The van der Waals surface area contributed by atoms with Crippen LogP contribution >= 0.6 is 0 Å². The third-order valence-electron chi connectivity index (χ3n) is 3.55. The van der Waals surface area contributed by atoms with Crippen molar-refractivity contribution in [3.63, 3.8) is 0 Å². The van der Waals surface area contributed by atoms with Gasteiger partial charge < -0.3 is 10.1 Å². The lowest BCUT2D eigenvalue weighted by atomic mass is 10.1. The van der Waals surface area contributed by atoms with E-state index in [9.17, 15) is 19.3 Å². The zero-order valence-corrected chi connectivity index (χ0v) is 13.8. The van der Waals surface area contributed by atoms with E-state index >= 15 is 0 Å². The fraction of sp³-hybridized carbons (Fsp3) is 0.278. The fourth-order valence-electron chi connectivity index (χ4n) is 2.23. The highest BCUT2D eigenvalue weighted by atomic mass is 19.1. The summed E-state index contributed by atoms with van der Waals surface area (Å²) in [6.45, 7) is 2.28. The normalized spacial score (nSPS) is 10.3. The van der Waals surface area contributed by atoms with Crippen molar-refractivity contribution >= 4 is 11.6 Å². The molecule has 0 aliphatic heterocycles. The van der Waals surface area contributed by atoms with Crippen molar-refractivity contribution < 1.29 is 18.8 Å². The van der Waals surface area contributed by atoms with Gasteiger partial charge in [0.2, 0.25) is 5.91 Å². The summed E-state index contributed by atoms with van der Waals surface area (Å²) in [4.78, 5) is 22.2. The van der Waals surface area contributed by atoms with Crippen LogP contribution in [0.1, 0.15) is 17.5 Å². The van der Waals surface area contributed by atoms with Crippen LogP contribution in [0.15, 0.2) is 42.5 Å². The minimum atomic E-state index is -0.516. The van der Waals surface area contributed by atoms with E-state index in [1.165, 1.54) is 18.2 Å². The van der Waals surface area contributed by atoms with E-state index in [1.807, 2.05) is 0 Å². The van der Waals surface area contributed by atoms with Crippen molar-refractivity contribution in [1.82, 2.24) is 5.32 Å². The van der Waals surface area contributed by atoms with Gasteiger partial charge in [0, 0.05) is 12.6 Å². The van der Waals surface area contributed by atoms with Crippen LogP contribution in [0.5, 0.6) is 5.75 Å². The minimum absolute atomic E-state index is 0.0483. The number of ether oxygens (including phenoxy) is 1. The van der Waals surface area contributed by atoms with Crippen LogP contribution in [0.3, 0.4) is 0 Å². The molecule has 1 N–H and O–H groups in total. The van der Waals surface area contributed by atoms with E-state index in [2.05, 4.69) is 5.32 Å². The quantitative estimate of drug-likeness (QED) is 0.588. The number of hydrogen-bond acceptors (Lipinski definition) is 4.